The van der Waals surface area contributed by atoms with Crippen molar-refractivity contribution in [2.45, 2.75) is 64.3 Å². The number of carbonyl (C=O) groups excluding carboxylic acids is 1. The summed E-state index contributed by atoms with van der Waals surface area (Å²) in [5, 5.41) is 0. The molecule has 0 amide bonds. The first-order valence-electron chi connectivity index (χ1n) is 7.09. The molecule has 0 bridgehead atoms. The van der Waals surface area contributed by atoms with Crippen molar-refractivity contribution in [3.63, 3.8) is 0 Å². The van der Waals surface area contributed by atoms with Gasteiger partial charge in [-0.15, -0.1) is 0 Å². The maximum absolute atomic E-state index is 11.8. The number of hydrogen-bond acceptors (Lipinski definition) is 2. The van der Waals surface area contributed by atoms with Crippen LogP contribution in [0.3, 0.4) is 0 Å². The molecule has 1 heterocycles. The zero-order valence-corrected chi connectivity index (χ0v) is 10.6. The Morgan fingerprint density at radius 3 is 2.81 bits per heavy atom. The summed E-state index contributed by atoms with van der Waals surface area (Å²) in [5.41, 5.74) is 0. The topological polar surface area (TPSA) is 20.3 Å². The average Bonchev–Trinajstić information content (AvgIpc) is 2.87. The first-order chi connectivity index (χ1) is 7.83. The summed E-state index contributed by atoms with van der Waals surface area (Å²) in [6, 6.07) is 0.604. The smallest absolute Gasteiger partial charge is 0.137 e. The Bertz CT molecular complexity index is 239. The lowest BCUT2D eigenvalue weighted by Gasteiger charge is -2.28. The highest BCUT2D eigenvalue weighted by atomic mass is 16.1. The second-order valence-electron chi connectivity index (χ2n) is 5.42. The lowest BCUT2D eigenvalue weighted by Crippen LogP contribution is -2.38. The highest BCUT2D eigenvalue weighted by molar-refractivity contribution is 5.83. The van der Waals surface area contributed by atoms with E-state index >= 15 is 0 Å². The minimum absolute atomic E-state index is 0.393. The fourth-order valence-electron chi connectivity index (χ4n) is 3.40. The summed E-state index contributed by atoms with van der Waals surface area (Å²) in [6.07, 6.45) is 9.67. The van der Waals surface area contributed by atoms with E-state index in [1.807, 2.05) is 0 Å². The van der Waals surface area contributed by atoms with Crippen LogP contribution in [0.4, 0.5) is 0 Å². The van der Waals surface area contributed by atoms with Crippen LogP contribution in [0.2, 0.25) is 0 Å². The molecule has 1 saturated carbocycles. The third-order valence-electron chi connectivity index (χ3n) is 4.28. The second-order valence-corrected chi connectivity index (χ2v) is 5.42. The molecule has 2 fully saturated rings. The summed E-state index contributed by atoms with van der Waals surface area (Å²) in [7, 11) is 0. The maximum atomic E-state index is 11.8. The lowest BCUT2D eigenvalue weighted by atomic mass is 9.95. The zero-order chi connectivity index (χ0) is 11.4. The van der Waals surface area contributed by atoms with Gasteiger partial charge in [0.2, 0.25) is 0 Å². The minimum Gasteiger partial charge on any atom is -0.300 e. The van der Waals surface area contributed by atoms with Crippen LogP contribution in [0.25, 0.3) is 0 Å². The molecule has 2 nitrogen and oxygen atoms in total. The van der Waals surface area contributed by atoms with Gasteiger partial charge in [0.15, 0.2) is 0 Å². The summed E-state index contributed by atoms with van der Waals surface area (Å²) < 4.78 is 0. The molecule has 2 unspecified atom stereocenters. The van der Waals surface area contributed by atoms with Gasteiger partial charge in [0, 0.05) is 18.4 Å². The van der Waals surface area contributed by atoms with Gasteiger partial charge >= 0.3 is 0 Å². The second kappa shape index (κ2) is 5.81. The van der Waals surface area contributed by atoms with Crippen LogP contribution < -0.4 is 0 Å². The highest BCUT2D eigenvalue weighted by Crippen LogP contribution is 2.33. The molecule has 2 heteroatoms. The van der Waals surface area contributed by atoms with Crippen molar-refractivity contribution >= 4 is 5.78 Å². The largest absolute Gasteiger partial charge is 0.300 e. The fourth-order valence-corrected chi connectivity index (χ4v) is 3.40. The summed E-state index contributed by atoms with van der Waals surface area (Å²) >= 11 is 0. The quantitative estimate of drug-likeness (QED) is 0.668. The Hall–Kier alpha value is -0.370. The van der Waals surface area contributed by atoms with E-state index in [0.29, 0.717) is 17.7 Å². The van der Waals surface area contributed by atoms with Crippen molar-refractivity contribution in [1.82, 2.24) is 4.90 Å². The van der Waals surface area contributed by atoms with Gasteiger partial charge < -0.3 is 0 Å². The molecule has 0 aromatic carbocycles. The SMILES string of the molecule is CCCCCN1CCCC1C1CCCC1=O. The monoisotopic (exact) mass is 223 g/mol. The maximum Gasteiger partial charge on any atom is 0.137 e. The van der Waals surface area contributed by atoms with Gasteiger partial charge in [0.05, 0.1) is 0 Å². The van der Waals surface area contributed by atoms with E-state index in [2.05, 4.69) is 11.8 Å². The van der Waals surface area contributed by atoms with E-state index in [4.69, 9.17) is 0 Å². The van der Waals surface area contributed by atoms with E-state index in [9.17, 15) is 4.79 Å². The molecular formula is C14H25NO. The van der Waals surface area contributed by atoms with Gasteiger partial charge in [0.1, 0.15) is 5.78 Å². The molecule has 92 valence electrons. The Balaban J connectivity index is 1.85. The van der Waals surface area contributed by atoms with Gasteiger partial charge in [0.25, 0.3) is 0 Å². The number of rotatable bonds is 5. The molecular weight excluding hydrogens is 198 g/mol. The number of Topliss-reactive ketones (excluding diaryl/α,β-unsaturated/α-hetero) is 1. The number of hydrogen-bond donors (Lipinski definition) is 0. The molecule has 1 aliphatic heterocycles. The Morgan fingerprint density at radius 1 is 1.25 bits per heavy atom. The van der Waals surface area contributed by atoms with E-state index in [-0.39, 0.29) is 0 Å². The molecule has 0 aromatic heterocycles. The predicted molar refractivity (Wildman–Crippen MR) is 66.5 cm³/mol. The van der Waals surface area contributed by atoms with Crippen LogP contribution >= 0.6 is 0 Å². The van der Waals surface area contributed by atoms with Crippen molar-refractivity contribution in [2.75, 3.05) is 13.1 Å². The summed E-state index contributed by atoms with van der Waals surface area (Å²) in [6.45, 7) is 4.71. The first-order valence-corrected chi connectivity index (χ1v) is 7.09. The van der Waals surface area contributed by atoms with Crippen molar-refractivity contribution in [2.24, 2.45) is 5.92 Å². The first kappa shape index (κ1) is 12.1. The molecule has 2 rings (SSSR count). The van der Waals surface area contributed by atoms with Gasteiger partial charge in [-0.25, -0.2) is 0 Å². The third kappa shape index (κ3) is 2.65. The Morgan fingerprint density at radius 2 is 2.12 bits per heavy atom. The van der Waals surface area contributed by atoms with Crippen molar-refractivity contribution in [3.8, 4) is 0 Å². The van der Waals surface area contributed by atoms with Crippen LogP contribution in [0, 0.1) is 5.92 Å². The molecule has 0 aromatic rings. The molecule has 0 spiro atoms. The van der Waals surface area contributed by atoms with Crippen LogP contribution in [-0.2, 0) is 4.79 Å². The van der Waals surface area contributed by atoms with Crippen molar-refractivity contribution in [3.05, 3.63) is 0 Å². The van der Waals surface area contributed by atoms with Gasteiger partial charge in [-0.05, 0) is 45.2 Å². The van der Waals surface area contributed by atoms with Gasteiger partial charge in [-0.2, -0.15) is 0 Å². The zero-order valence-electron chi connectivity index (χ0n) is 10.6. The van der Waals surface area contributed by atoms with Crippen LogP contribution in [-0.4, -0.2) is 29.8 Å². The van der Waals surface area contributed by atoms with Crippen molar-refractivity contribution in [1.29, 1.82) is 0 Å². The third-order valence-corrected chi connectivity index (χ3v) is 4.28. The molecule has 16 heavy (non-hydrogen) atoms. The average molecular weight is 223 g/mol. The molecule has 2 atom stereocenters. The van der Waals surface area contributed by atoms with E-state index in [1.165, 1.54) is 45.2 Å². The molecule has 2 aliphatic rings. The molecule has 1 saturated heterocycles. The van der Waals surface area contributed by atoms with Crippen LogP contribution in [0.15, 0.2) is 0 Å². The Kier molecular flexibility index (Phi) is 4.39. The number of likely N-dealkylation sites (tertiary alicyclic amines) is 1. The van der Waals surface area contributed by atoms with E-state index in [1.54, 1.807) is 0 Å². The van der Waals surface area contributed by atoms with E-state index < -0.39 is 0 Å². The van der Waals surface area contributed by atoms with Crippen LogP contribution in [0.1, 0.15) is 58.3 Å². The standard InChI is InChI=1S/C14H25NO/c1-2-3-4-10-15-11-6-8-13(15)12-7-5-9-14(12)16/h12-13H,2-11H2,1H3. The molecule has 1 aliphatic carbocycles. The molecule has 0 N–H and O–H groups in total. The number of nitrogens with zero attached hydrogens (tertiary/aromatic N) is 1. The summed E-state index contributed by atoms with van der Waals surface area (Å²) in [4.78, 5) is 14.4. The molecule has 0 radical (unpaired) electrons. The number of unbranched alkanes of at least 4 members (excludes halogenated alkanes) is 2. The summed E-state index contributed by atoms with van der Waals surface area (Å²) in [5.74, 6) is 0.941. The van der Waals surface area contributed by atoms with Gasteiger partial charge in [-0.1, -0.05) is 19.8 Å². The fraction of sp³-hybridized carbons (Fsp3) is 0.929. The highest BCUT2D eigenvalue weighted by Gasteiger charge is 2.37. The van der Waals surface area contributed by atoms with Gasteiger partial charge in [-0.3, -0.25) is 9.69 Å². The van der Waals surface area contributed by atoms with Crippen molar-refractivity contribution < 1.29 is 4.79 Å². The Labute approximate surface area is 99.4 Å². The van der Waals surface area contributed by atoms with E-state index in [0.717, 1.165) is 19.3 Å². The number of ketones is 1. The lowest BCUT2D eigenvalue weighted by molar-refractivity contribution is -0.122. The number of carbonyl (C=O) groups is 1. The normalized spacial score (nSPS) is 31.4. The van der Waals surface area contributed by atoms with Crippen LogP contribution in [0.5, 0.6) is 0 Å². The minimum atomic E-state index is 0.393. The predicted octanol–water partition coefficient (Wildman–Crippen LogP) is 3.01.